The molecule has 2 heterocycles. The molecule has 8 nitrogen and oxygen atoms in total. The van der Waals surface area contributed by atoms with E-state index in [0.717, 1.165) is 29.5 Å². The summed E-state index contributed by atoms with van der Waals surface area (Å²) in [5.74, 6) is -0.0790. The van der Waals surface area contributed by atoms with E-state index in [2.05, 4.69) is 39.8 Å². The van der Waals surface area contributed by atoms with Crippen LogP contribution in [-0.4, -0.2) is 33.0 Å². The zero-order chi connectivity index (χ0) is 39.6. The molecule has 55 heavy (non-hydrogen) atoms. The Hall–Kier alpha value is -5.89. The van der Waals surface area contributed by atoms with Crippen molar-refractivity contribution in [3.63, 3.8) is 0 Å². The van der Waals surface area contributed by atoms with Crippen LogP contribution in [0, 0.1) is 11.8 Å². The maximum absolute atomic E-state index is 13.3. The van der Waals surface area contributed by atoms with Crippen LogP contribution in [0.2, 0.25) is 0 Å². The van der Waals surface area contributed by atoms with E-state index >= 15 is 0 Å². The van der Waals surface area contributed by atoms with Gasteiger partial charge in [-0.2, -0.15) is 0 Å². The molecule has 0 saturated carbocycles. The Morgan fingerprint density at radius 3 is 1.53 bits per heavy atom. The topological polar surface area (TPSA) is 130 Å². The molecule has 1 spiro atoms. The summed E-state index contributed by atoms with van der Waals surface area (Å²) in [6.45, 7) is 12.3. The standard InChI is InChI=1S/C34H30O6.C13H18O2/c1-19(2)14-21-4-7-23(8-5-21)20(3)30(37)16-22-6-11-27-26(15-22)33(38)40-34(27)28-12-9-24(35)17-31(28)39-32-18-25(36)10-13-29(32)34;1-9(2)8-11-4-6-12(7-5-11)10(3)13(14)15/h4-13,15,17-20,35-36H,14,16H2,1-3H3;4-7,9-10H,8H2,1-3H3,(H,14,15)/t20-;10-/m00/s1. The van der Waals surface area contributed by atoms with Crippen molar-refractivity contribution >= 4 is 17.7 Å². The molecule has 7 rings (SSSR count). The van der Waals surface area contributed by atoms with Crippen molar-refractivity contribution < 1.29 is 39.2 Å². The minimum Gasteiger partial charge on any atom is -0.508 e. The second-order valence-electron chi connectivity index (χ2n) is 15.5. The van der Waals surface area contributed by atoms with Crippen LogP contribution in [0.25, 0.3) is 0 Å². The summed E-state index contributed by atoms with van der Waals surface area (Å²) in [5.41, 5.74) is 5.89. The van der Waals surface area contributed by atoms with Gasteiger partial charge in [-0.3, -0.25) is 9.59 Å². The summed E-state index contributed by atoms with van der Waals surface area (Å²) < 4.78 is 12.1. The van der Waals surface area contributed by atoms with Crippen molar-refractivity contribution in [2.75, 3.05) is 0 Å². The monoisotopic (exact) mass is 740 g/mol. The highest BCUT2D eigenvalue weighted by Gasteiger charge is 2.53. The van der Waals surface area contributed by atoms with E-state index in [1.54, 1.807) is 25.1 Å². The lowest BCUT2D eigenvalue weighted by Crippen LogP contribution is -2.32. The molecule has 3 N–H and O–H groups in total. The van der Waals surface area contributed by atoms with Crippen LogP contribution in [0.3, 0.4) is 0 Å². The number of Topliss-reactive ketones (excluding diaryl/α,β-unsaturated/α-hetero) is 1. The van der Waals surface area contributed by atoms with Crippen LogP contribution in [0.4, 0.5) is 0 Å². The largest absolute Gasteiger partial charge is 0.508 e. The fourth-order valence-corrected chi connectivity index (χ4v) is 7.37. The zero-order valence-corrected chi connectivity index (χ0v) is 32.1. The van der Waals surface area contributed by atoms with E-state index in [0.29, 0.717) is 45.6 Å². The smallest absolute Gasteiger partial charge is 0.340 e. The second kappa shape index (κ2) is 15.8. The summed E-state index contributed by atoms with van der Waals surface area (Å²) in [6, 6.07) is 30.8. The highest BCUT2D eigenvalue weighted by Crippen LogP contribution is 2.57. The van der Waals surface area contributed by atoms with Crippen LogP contribution in [-0.2, 0) is 39.2 Å². The number of esters is 1. The fourth-order valence-electron chi connectivity index (χ4n) is 7.37. The minimum absolute atomic E-state index is 0.000378. The van der Waals surface area contributed by atoms with Gasteiger partial charge in [-0.15, -0.1) is 0 Å². The first-order chi connectivity index (χ1) is 26.2. The number of ketones is 1. The van der Waals surface area contributed by atoms with Gasteiger partial charge in [0.2, 0.25) is 0 Å². The molecule has 2 atom stereocenters. The molecule has 0 radical (unpaired) electrons. The Morgan fingerprint density at radius 1 is 0.600 bits per heavy atom. The quantitative estimate of drug-likeness (QED) is 0.121. The SMILES string of the molecule is CC(C)Cc1ccc([C@H](C)C(=O)Cc2ccc3c(c2)C(=O)OC32c3ccc(O)cc3Oc3cc(O)ccc32)cc1.CC(C)Cc1ccc([C@H](C)C(=O)O)cc1. The highest BCUT2D eigenvalue weighted by atomic mass is 16.6. The average molecular weight is 741 g/mol. The lowest BCUT2D eigenvalue weighted by Gasteiger charge is -2.36. The number of hydrogen-bond acceptors (Lipinski definition) is 7. The Kier molecular flexibility index (Phi) is 11.2. The number of aliphatic carboxylic acids is 1. The number of carboxylic acids is 1. The zero-order valence-electron chi connectivity index (χ0n) is 32.1. The van der Waals surface area contributed by atoms with Crippen molar-refractivity contribution in [3.8, 4) is 23.0 Å². The average Bonchev–Trinajstić information content (AvgIpc) is 3.42. The normalized spacial score (nSPS) is 14.5. The lowest BCUT2D eigenvalue weighted by atomic mass is 9.77. The number of aromatic hydroxyl groups is 2. The van der Waals surface area contributed by atoms with Crippen molar-refractivity contribution in [2.24, 2.45) is 11.8 Å². The van der Waals surface area contributed by atoms with Gasteiger partial charge in [-0.05, 0) is 89.8 Å². The first-order valence-electron chi connectivity index (χ1n) is 18.8. The molecule has 8 heteroatoms. The molecule has 2 aliphatic heterocycles. The van der Waals surface area contributed by atoms with E-state index in [1.165, 1.54) is 35.4 Å². The number of rotatable bonds is 10. The number of ether oxygens (including phenoxy) is 2. The molecular weight excluding hydrogens is 693 g/mol. The third-order valence-electron chi connectivity index (χ3n) is 10.3. The van der Waals surface area contributed by atoms with Gasteiger partial charge in [-0.25, -0.2) is 4.79 Å². The summed E-state index contributed by atoms with van der Waals surface area (Å²) in [7, 11) is 0. The summed E-state index contributed by atoms with van der Waals surface area (Å²) in [5, 5.41) is 29.0. The minimum atomic E-state index is -1.32. The first-order valence-corrected chi connectivity index (χ1v) is 18.8. The van der Waals surface area contributed by atoms with Gasteiger partial charge in [-0.1, -0.05) is 95.3 Å². The van der Waals surface area contributed by atoms with Crippen LogP contribution in [0.1, 0.15) is 108 Å². The number of phenolic OH excluding ortho intramolecular Hbond substituents is 2. The summed E-state index contributed by atoms with van der Waals surface area (Å²) in [6.07, 6.45) is 2.22. The lowest BCUT2D eigenvalue weighted by molar-refractivity contribution is -0.138. The Morgan fingerprint density at radius 2 is 1.05 bits per heavy atom. The van der Waals surface area contributed by atoms with Gasteiger partial charge >= 0.3 is 11.9 Å². The van der Waals surface area contributed by atoms with Crippen LogP contribution in [0.15, 0.2) is 103 Å². The Bertz CT molecular complexity index is 2160. The maximum atomic E-state index is 13.3. The van der Waals surface area contributed by atoms with Crippen LogP contribution < -0.4 is 4.74 Å². The number of benzene rings is 5. The van der Waals surface area contributed by atoms with Crippen molar-refractivity contribution in [1.29, 1.82) is 0 Å². The van der Waals surface area contributed by atoms with Crippen molar-refractivity contribution in [2.45, 2.75) is 78.2 Å². The third-order valence-corrected chi connectivity index (χ3v) is 10.3. The molecule has 0 unspecified atom stereocenters. The number of carboxylic acid groups (broad SMARTS) is 1. The number of phenols is 2. The second-order valence-corrected chi connectivity index (χ2v) is 15.5. The molecular formula is C47H48O8. The number of fused-ring (bicyclic) bond motifs is 6. The molecule has 0 amide bonds. The van der Waals surface area contributed by atoms with E-state index in [1.807, 2.05) is 55.5 Å². The maximum Gasteiger partial charge on any atom is 0.340 e. The number of carbonyl (C=O) groups excluding carboxylic acids is 2. The number of carbonyl (C=O) groups is 3. The Labute approximate surface area is 322 Å². The van der Waals surface area contributed by atoms with Gasteiger partial charge in [0.05, 0.1) is 11.5 Å². The predicted molar refractivity (Wildman–Crippen MR) is 211 cm³/mol. The highest BCUT2D eigenvalue weighted by molar-refractivity contribution is 5.98. The predicted octanol–water partition coefficient (Wildman–Crippen LogP) is 9.85. The van der Waals surface area contributed by atoms with Gasteiger partial charge in [0, 0.05) is 41.2 Å². The Balaban J connectivity index is 0.000000289. The van der Waals surface area contributed by atoms with Gasteiger partial charge in [0.15, 0.2) is 5.60 Å². The van der Waals surface area contributed by atoms with Crippen molar-refractivity contribution in [3.05, 3.63) is 153 Å². The molecule has 0 bridgehead atoms. The van der Waals surface area contributed by atoms with E-state index in [-0.39, 0.29) is 29.6 Å². The molecule has 0 aliphatic carbocycles. The van der Waals surface area contributed by atoms with E-state index in [4.69, 9.17) is 14.6 Å². The van der Waals surface area contributed by atoms with Crippen LogP contribution in [0.5, 0.6) is 23.0 Å². The van der Waals surface area contributed by atoms with Gasteiger partial charge < -0.3 is 24.8 Å². The summed E-state index contributed by atoms with van der Waals surface area (Å²) in [4.78, 5) is 37.4. The van der Waals surface area contributed by atoms with Crippen LogP contribution >= 0.6 is 0 Å². The van der Waals surface area contributed by atoms with Gasteiger partial charge in [0.1, 0.15) is 28.8 Å². The third kappa shape index (κ3) is 8.14. The van der Waals surface area contributed by atoms with Crippen molar-refractivity contribution in [1.82, 2.24) is 0 Å². The van der Waals surface area contributed by atoms with Gasteiger partial charge in [0.25, 0.3) is 0 Å². The first kappa shape index (κ1) is 38.8. The molecule has 5 aromatic carbocycles. The van der Waals surface area contributed by atoms with E-state index in [9.17, 15) is 24.6 Å². The fraction of sp³-hybridized carbons (Fsp3) is 0.298. The molecule has 284 valence electrons. The molecule has 0 fully saturated rings. The summed E-state index contributed by atoms with van der Waals surface area (Å²) >= 11 is 0. The molecule has 2 aliphatic rings. The molecule has 5 aromatic rings. The number of hydrogen-bond donors (Lipinski definition) is 3. The van der Waals surface area contributed by atoms with E-state index < -0.39 is 23.5 Å². The molecule has 0 aromatic heterocycles. The molecule has 0 saturated heterocycles.